The lowest BCUT2D eigenvalue weighted by Gasteiger charge is -2.14. The van der Waals surface area contributed by atoms with Crippen molar-refractivity contribution in [3.05, 3.63) is 58.7 Å². The van der Waals surface area contributed by atoms with Gasteiger partial charge in [-0.25, -0.2) is 4.21 Å². The highest BCUT2D eigenvalue weighted by atomic mass is 32.2. The first-order chi connectivity index (χ1) is 17.9. The Morgan fingerprint density at radius 1 is 0.718 bits per heavy atom. The summed E-state index contributed by atoms with van der Waals surface area (Å²) in [7, 11) is -6.37. The van der Waals surface area contributed by atoms with Crippen molar-refractivity contribution < 1.29 is 76.4 Å². The number of ether oxygens (including phenoxy) is 1. The zero-order valence-electron chi connectivity index (χ0n) is 17.9. The lowest BCUT2D eigenvalue weighted by molar-refractivity contribution is -0.442. The molecule has 21 heteroatoms. The van der Waals surface area contributed by atoms with Gasteiger partial charge < -0.3 is 4.74 Å². The molecule has 4 amide bonds. The van der Waals surface area contributed by atoms with Crippen LogP contribution in [0.3, 0.4) is 0 Å². The Kier molecular flexibility index (Phi) is 6.75. The van der Waals surface area contributed by atoms with E-state index in [0.29, 0.717) is 0 Å². The zero-order valence-corrected chi connectivity index (χ0v) is 19.6. The number of amides is 4. The number of halogens is 6. The van der Waals surface area contributed by atoms with Crippen molar-refractivity contribution in [2.24, 2.45) is 0 Å². The van der Waals surface area contributed by atoms with E-state index in [1.54, 1.807) is 0 Å². The van der Waals surface area contributed by atoms with Crippen LogP contribution in [0, 0.1) is 0 Å². The van der Waals surface area contributed by atoms with Crippen LogP contribution in [0.5, 0.6) is 11.5 Å². The number of imide groups is 2. The largest absolute Gasteiger partial charge is 0.550 e. The fourth-order valence-electron chi connectivity index (χ4n) is 3.10. The summed E-state index contributed by atoms with van der Waals surface area (Å²) >= 11 is -3.34. The van der Waals surface area contributed by atoms with Gasteiger partial charge in [0.15, 0.2) is 0 Å². The Bertz CT molecular complexity index is 1570. The van der Waals surface area contributed by atoms with Crippen LogP contribution in [0.4, 0.5) is 26.3 Å². The predicted molar refractivity (Wildman–Crippen MR) is 106 cm³/mol. The van der Waals surface area contributed by atoms with Gasteiger partial charge in [0, 0.05) is 0 Å². The number of nitrogens with zero attached hydrogens (tertiary/aromatic N) is 2. The van der Waals surface area contributed by atoms with Crippen LogP contribution in [0.1, 0.15) is 41.4 Å². The van der Waals surface area contributed by atoms with E-state index in [-0.39, 0.29) is 15.8 Å². The molecule has 0 fully saturated rings. The van der Waals surface area contributed by atoms with Gasteiger partial charge in [0.1, 0.15) is 11.5 Å². The molecule has 0 N–H and O–H groups in total. The first-order valence-corrected chi connectivity index (χ1v) is 11.9. The van der Waals surface area contributed by atoms with Gasteiger partial charge in [-0.3, -0.25) is 19.2 Å². The topological polar surface area (TPSA) is 163 Å². The van der Waals surface area contributed by atoms with Gasteiger partial charge in [-0.05, 0) is 36.4 Å². The summed E-state index contributed by atoms with van der Waals surface area (Å²) < 4.78 is 121. The summed E-state index contributed by atoms with van der Waals surface area (Å²) in [4.78, 5) is 52.1. The summed E-state index contributed by atoms with van der Waals surface area (Å²) in [6.45, 7) is 0. The van der Waals surface area contributed by atoms with Crippen LogP contribution in [0.2, 0.25) is 0 Å². The number of hydrogen-bond donors (Lipinski definition) is 0. The average Bonchev–Trinajstić information content (AvgIpc) is 3.20. The summed E-state index contributed by atoms with van der Waals surface area (Å²) in [5.41, 5.74) is -8.01. The quantitative estimate of drug-likeness (QED) is 0.150. The van der Waals surface area contributed by atoms with Crippen molar-refractivity contribution in [2.45, 2.75) is 11.9 Å². The number of hydrogen-bond acceptors (Lipinski definition) is 11. The van der Waals surface area contributed by atoms with Gasteiger partial charge in [0.25, 0.3) is 23.6 Å². The summed E-state index contributed by atoms with van der Waals surface area (Å²) in [5.74, 6) is -6.31. The van der Waals surface area contributed by atoms with Crippen LogP contribution in [-0.4, -0.2) is 57.5 Å². The summed E-state index contributed by atoms with van der Waals surface area (Å²) in [5, 5.41) is -0.615. The minimum absolute atomic E-state index is 0.177. The molecule has 1 atom stereocenters. The molecule has 2 aliphatic heterocycles. The molecule has 39 heavy (non-hydrogen) atoms. The number of carbonyl (C=O) groups excluding carboxylic acids is 4. The number of alkyl halides is 6. The number of rotatable bonds is 7. The molecule has 0 bridgehead atoms. The van der Waals surface area contributed by atoms with Crippen LogP contribution < -0.4 is 4.74 Å². The SMILES string of the molecule is O=C1c2ccc(Oc3ccc4c(c3)C(=O)N(S(=O)OOC(F)(F)F)C4=O)cc2C(=O)N1OS(=O)(=O)C(F)(F)F. The maximum absolute atomic E-state index is 12.6. The minimum atomic E-state index is -6.37. The van der Waals surface area contributed by atoms with E-state index in [2.05, 4.69) is 13.5 Å². The maximum Gasteiger partial charge on any atom is 0.550 e. The van der Waals surface area contributed by atoms with Crippen molar-refractivity contribution in [3.8, 4) is 11.5 Å². The lowest BCUT2D eigenvalue weighted by Crippen LogP contribution is -2.37. The molecule has 13 nitrogen and oxygen atoms in total. The second-order valence-electron chi connectivity index (χ2n) is 7.11. The number of hydroxylamine groups is 2. The Morgan fingerprint density at radius 2 is 1.18 bits per heavy atom. The van der Waals surface area contributed by atoms with Crippen molar-refractivity contribution in [1.82, 2.24) is 9.37 Å². The molecule has 0 aromatic heterocycles. The van der Waals surface area contributed by atoms with Crippen LogP contribution >= 0.6 is 0 Å². The zero-order chi connectivity index (χ0) is 29.1. The van der Waals surface area contributed by atoms with E-state index < -0.39 is 84.2 Å². The molecule has 2 aliphatic rings. The highest BCUT2D eigenvalue weighted by Gasteiger charge is 2.52. The van der Waals surface area contributed by atoms with Crippen molar-refractivity contribution in [3.63, 3.8) is 0 Å². The van der Waals surface area contributed by atoms with Gasteiger partial charge in [0.05, 0.1) is 22.3 Å². The number of fused-ring (bicyclic) bond motifs is 2. The second kappa shape index (κ2) is 9.37. The highest BCUT2D eigenvalue weighted by Crippen LogP contribution is 2.34. The lowest BCUT2D eigenvalue weighted by atomic mass is 10.1. The highest BCUT2D eigenvalue weighted by molar-refractivity contribution is 7.87. The Hall–Kier alpha value is -3.92. The molecule has 4 rings (SSSR count). The first-order valence-electron chi connectivity index (χ1n) is 9.50. The molecule has 1 unspecified atom stereocenters. The van der Waals surface area contributed by atoms with Crippen LogP contribution in [0.25, 0.3) is 0 Å². The van der Waals surface area contributed by atoms with Crippen molar-refractivity contribution >= 4 is 45.0 Å². The third kappa shape index (κ3) is 5.21. The van der Waals surface area contributed by atoms with Crippen molar-refractivity contribution in [2.75, 3.05) is 0 Å². The van der Waals surface area contributed by atoms with Crippen molar-refractivity contribution in [1.29, 1.82) is 0 Å². The van der Waals surface area contributed by atoms with Gasteiger partial charge in [-0.15, -0.1) is 31.7 Å². The van der Waals surface area contributed by atoms with Gasteiger partial charge >= 0.3 is 33.3 Å². The van der Waals surface area contributed by atoms with E-state index >= 15 is 0 Å². The van der Waals surface area contributed by atoms with Gasteiger partial charge in [-0.2, -0.15) is 25.9 Å². The first kappa shape index (κ1) is 28.1. The predicted octanol–water partition coefficient (Wildman–Crippen LogP) is 2.50. The standard InChI is InChI=1S/C18H6F6N2O11S2/c19-17(20,21)35-37-38(31)26-15(29)10-4-2-8(6-12(10)16(26)30)34-7-1-3-9-11(5-7)14(28)25(13(9)27)36-39(32,33)18(22,23)24/h1-6H. The molecule has 0 radical (unpaired) electrons. The Balaban J connectivity index is 1.54. The van der Waals surface area contributed by atoms with E-state index in [9.17, 15) is 58.1 Å². The van der Waals surface area contributed by atoms with E-state index in [1.165, 1.54) is 0 Å². The Labute approximate surface area is 213 Å². The number of carbonyl (C=O) groups is 4. The van der Waals surface area contributed by atoms with E-state index in [0.717, 1.165) is 36.4 Å². The van der Waals surface area contributed by atoms with Gasteiger partial charge in [-0.1, -0.05) is 0 Å². The molecular weight excluding hydrogens is 598 g/mol. The van der Waals surface area contributed by atoms with Crippen LogP contribution in [0.15, 0.2) is 36.4 Å². The third-order valence-electron chi connectivity index (χ3n) is 4.67. The summed E-state index contributed by atoms with van der Waals surface area (Å²) in [6, 6.07) is 5.66. The van der Waals surface area contributed by atoms with Gasteiger partial charge in [0.2, 0.25) is 0 Å². The fourth-order valence-corrected chi connectivity index (χ4v) is 4.18. The Morgan fingerprint density at radius 3 is 1.69 bits per heavy atom. The number of benzene rings is 2. The molecule has 2 heterocycles. The molecular formula is C18H6F6N2O11S2. The molecule has 0 aliphatic carbocycles. The third-order valence-corrected chi connectivity index (χ3v) is 6.40. The minimum Gasteiger partial charge on any atom is -0.457 e. The molecule has 0 saturated carbocycles. The second-order valence-corrected chi connectivity index (χ2v) is 9.57. The molecule has 0 saturated heterocycles. The molecule has 2 aromatic carbocycles. The normalized spacial score (nSPS) is 16.6. The van der Waals surface area contributed by atoms with E-state index in [1.807, 2.05) is 0 Å². The molecule has 208 valence electrons. The summed E-state index contributed by atoms with van der Waals surface area (Å²) in [6.07, 6.45) is -5.40. The molecule has 0 spiro atoms. The fraction of sp³-hybridized carbons (Fsp3) is 0.111. The van der Waals surface area contributed by atoms with Crippen LogP contribution in [-0.2, 0) is 34.9 Å². The maximum atomic E-state index is 12.6. The average molecular weight is 604 g/mol. The smallest absolute Gasteiger partial charge is 0.457 e. The monoisotopic (exact) mass is 604 g/mol. The molecule has 2 aromatic rings. The van der Waals surface area contributed by atoms with E-state index in [4.69, 9.17) is 4.74 Å².